The Morgan fingerprint density at radius 3 is 2.40 bits per heavy atom. The van der Waals surface area contributed by atoms with Gasteiger partial charge in [0.05, 0.1) is 24.4 Å². The van der Waals surface area contributed by atoms with Crippen molar-refractivity contribution in [3.05, 3.63) is 28.4 Å². The van der Waals surface area contributed by atoms with Crippen LogP contribution in [0.2, 0.25) is 0 Å². The van der Waals surface area contributed by atoms with Crippen molar-refractivity contribution < 1.29 is 19.4 Å². The van der Waals surface area contributed by atoms with Crippen molar-refractivity contribution in [2.45, 2.75) is 0 Å². The van der Waals surface area contributed by atoms with Crippen LogP contribution in [0.25, 0.3) is 11.3 Å². The van der Waals surface area contributed by atoms with E-state index in [1.165, 1.54) is 10.7 Å². The van der Waals surface area contributed by atoms with Gasteiger partial charge in [-0.05, 0) is 28.1 Å². The van der Waals surface area contributed by atoms with Crippen molar-refractivity contribution >= 4 is 21.9 Å². The minimum absolute atomic E-state index is 0.0171. The summed E-state index contributed by atoms with van der Waals surface area (Å²) in [6.45, 7) is 0. The lowest BCUT2D eigenvalue weighted by Crippen LogP contribution is -2.00. The zero-order chi connectivity index (χ0) is 14.9. The summed E-state index contributed by atoms with van der Waals surface area (Å²) < 4.78 is 12.8. The predicted molar refractivity (Wildman–Crippen MR) is 76.4 cm³/mol. The Balaban J connectivity index is 2.62. The van der Waals surface area contributed by atoms with Crippen LogP contribution >= 0.6 is 15.9 Å². The van der Waals surface area contributed by atoms with Crippen molar-refractivity contribution in [1.82, 2.24) is 9.78 Å². The third-order valence-electron chi connectivity index (χ3n) is 2.85. The number of carboxylic acid groups (broad SMARTS) is 1. The molecule has 0 aliphatic rings. The van der Waals surface area contributed by atoms with Crippen molar-refractivity contribution in [2.75, 3.05) is 14.2 Å². The number of benzene rings is 1. The standard InChI is InChI=1S/C13H13BrN2O4/c1-16-10(5-9(15-16)13(17)18)7-4-8(14)12(20-3)6-11(7)19-2/h4-6H,1-3H3,(H,17,18). The van der Waals surface area contributed by atoms with Gasteiger partial charge in [-0.25, -0.2) is 4.79 Å². The number of carboxylic acids is 1. The molecular weight excluding hydrogens is 328 g/mol. The molecule has 1 heterocycles. The molecular formula is C13H13BrN2O4. The Labute approximate surface area is 124 Å². The van der Waals surface area contributed by atoms with Gasteiger partial charge in [0.15, 0.2) is 5.69 Å². The van der Waals surface area contributed by atoms with Gasteiger partial charge in [0, 0.05) is 18.7 Å². The molecule has 0 aliphatic carbocycles. The highest BCUT2D eigenvalue weighted by Gasteiger charge is 2.17. The lowest BCUT2D eigenvalue weighted by molar-refractivity contribution is 0.0689. The van der Waals surface area contributed by atoms with Crippen LogP contribution in [0.15, 0.2) is 22.7 Å². The van der Waals surface area contributed by atoms with E-state index in [2.05, 4.69) is 21.0 Å². The van der Waals surface area contributed by atoms with Gasteiger partial charge in [-0.15, -0.1) is 0 Å². The summed E-state index contributed by atoms with van der Waals surface area (Å²) in [5, 5.41) is 12.9. The number of ether oxygens (including phenoxy) is 2. The van der Waals surface area contributed by atoms with Crippen LogP contribution in [0.1, 0.15) is 10.5 Å². The molecule has 7 heteroatoms. The normalized spacial score (nSPS) is 10.4. The Hall–Kier alpha value is -2.02. The molecule has 0 unspecified atom stereocenters. The molecule has 0 amide bonds. The van der Waals surface area contributed by atoms with Gasteiger partial charge in [0.1, 0.15) is 11.5 Å². The van der Waals surface area contributed by atoms with Gasteiger partial charge < -0.3 is 14.6 Å². The average Bonchev–Trinajstić information content (AvgIpc) is 2.80. The van der Waals surface area contributed by atoms with Gasteiger partial charge in [-0.3, -0.25) is 4.68 Å². The molecule has 0 atom stereocenters. The molecule has 106 valence electrons. The fourth-order valence-corrected chi connectivity index (χ4v) is 2.39. The number of methoxy groups -OCH3 is 2. The molecule has 2 rings (SSSR count). The van der Waals surface area contributed by atoms with Crippen LogP contribution < -0.4 is 9.47 Å². The van der Waals surface area contributed by atoms with Crippen LogP contribution in [-0.2, 0) is 7.05 Å². The molecule has 2 aromatic rings. The van der Waals surface area contributed by atoms with Crippen molar-refractivity contribution in [1.29, 1.82) is 0 Å². The number of aromatic nitrogens is 2. The van der Waals surface area contributed by atoms with Crippen LogP contribution in [-0.4, -0.2) is 35.1 Å². The smallest absolute Gasteiger partial charge is 0.356 e. The maximum Gasteiger partial charge on any atom is 0.356 e. The van der Waals surface area contributed by atoms with Crippen molar-refractivity contribution in [3.63, 3.8) is 0 Å². The largest absolute Gasteiger partial charge is 0.496 e. The lowest BCUT2D eigenvalue weighted by atomic mass is 10.1. The monoisotopic (exact) mass is 340 g/mol. The number of nitrogens with zero attached hydrogens (tertiary/aromatic N) is 2. The number of carbonyl (C=O) groups is 1. The first-order chi connectivity index (χ1) is 9.47. The number of aromatic carboxylic acids is 1. The summed E-state index contributed by atoms with van der Waals surface area (Å²) in [4.78, 5) is 11.0. The first-order valence-electron chi connectivity index (χ1n) is 5.67. The Morgan fingerprint density at radius 1 is 1.25 bits per heavy atom. The maximum absolute atomic E-state index is 11.0. The predicted octanol–water partition coefficient (Wildman–Crippen LogP) is 2.57. The second-order valence-corrected chi connectivity index (χ2v) is 4.88. The highest BCUT2D eigenvalue weighted by atomic mass is 79.9. The third kappa shape index (κ3) is 2.49. The summed E-state index contributed by atoms with van der Waals surface area (Å²) >= 11 is 3.40. The number of halogens is 1. The molecule has 1 aromatic carbocycles. The molecule has 0 saturated heterocycles. The third-order valence-corrected chi connectivity index (χ3v) is 3.47. The van der Waals surface area contributed by atoms with E-state index in [9.17, 15) is 4.79 Å². The van der Waals surface area contributed by atoms with Crippen LogP contribution in [0.4, 0.5) is 0 Å². The molecule has 0 aliphatic heterocycles. The number of hydrogen-bond donors (Lipinski definition) is 1. The van der Waals surface area contributed by atoms with E-state index >= 15 is 0 Å². The summed E-state index contributed by atoms with van der Waals surface area (Å²) in [5.74, 6) is 0.134. The van der Waals surface area contributed by atoms with E-state index in [0.29, 0.717) is 17.2 Å². The van der Waals surface area contributed by atoms with E-state index in [0.717, 1.165) is 10.0 Å². The van der Waals surface area contributed by atoms with E-state index in [4.69, 9.17) is 14.6 Å². The Morgan fingerprint density at radius 2 is 1.90 bits per heavy atom. The SMILES string of the molecule is COc1cc(OC)c(-c2cc(C(=O)O)nn2C)cc1Br. The van der Waals surface area contributed by atoms with Gasteiger partial charge >= 0.3 is 5.97 Å². The summed E-state index contributed by atoms with van der Waals surface area (Å²) in [6, 6.07) is 5.03. The van der Waals surface area contributed by atoms with E-state index in [1.807, 2.05) is 0 Å². The van der Waals surface area contributed by atoms with E-state index in [-0.39, 0.29) is 5.69 Å². The fourth-order valence-electron chi connectivity index (χ4n) is 1.88. The van der Waals surface area contributed by atoms with Crippen LogP contribution in [0.3, 0.4) is 0 Å². The lowest BCUT2D eigenvalue weighted by Gasteiger charge is -2.12. The molecule has 20 heavy (non-hydrogen) atoms. The quantitative estimate of drug-likeness (QED) is 0.925. The van der Waals surface area contributed by atoms with Crippen LogP contribution in [0.5, 0.6) is 11.5 Å². The molecule has 1 aromatic heterocycles. The summed E-state index contributed by atoms with van der Waals surface area (Å²) in [6.07, 6.45) is 0. The Kier molecular flexibility index (Phi) is 3.99. The summed E-state index contributed by atoms with van der Waals surface area (Å²) in [5.41, 5.74) is 1.35. The van der Waals surface area contributed by atoms with Crippen LogP contribution in [0, 0.1) is 0 Å². The highest BCUT2D eigenvalue weighted by Crippen LogP contribution is 2.38. The van der Waals surface area contributed by atoms with E-state index < -0.39 is 5.97 Å². The zero-order valence-electron chi connectivity index (χ0n) is 11.2. The number of hydrogen-bond acceptors (Lipinski definition) is 4. The summed E-state index contributed by atoms with van der Waals surface area (Å²) in [7, 11) is 4.78. The molecule has 0 spiro atoms. The second-order valence-electron chi connectivity index (χ2n) is 4.03. The van der Waals surface area contributed by atoms with Gasteiger partial charge in [0.25, 0.3) is 0 Å². The minimum atomic E-state index is -1.07. The zero-order valence-corrected chi connectivity index (χ0v) is 12.8. The maximum atomic E-state index is 11.0. The average molecular weight is 341 g/mol. The molecule has 0 bridgehead atoms. The topological polar surface area (TPSA) is 73.6 Å². The Bertz CT molecular complexity index is 667. The molecule has 0 fully saturated rings. The molecule has 0 radical (unpaired) electrons. The first kappa shape index (κ1) is 14.4. The molecule has 0 saturated carbocycles. The first-order valence-corrected chi connectivity index (χ1v) is 6.46. The highest BCUT2D eigenvalue weighted by molar-refractivity contribution is 9.10. The van der Waals surface area contributed by atoms with Crippen molar-refractivity contribution in [3.8, 4) is 22.8 Å². The van der Waals surface area contributed by atoms with Gasteiger partial charge in [-0.2, -0.15) is 5.10 Å². The number of rotatable bonds is 4. The minimum Gasteiger partial charge on any atom is -0.496 e. The van der Waals surface area contributed by atoms with E-state index in [1.54, 1.807) is 33.4 Å². The van der Waals surface area contributed by atoms with Gasteiger partial charge in [0.2, 0.25) is 0 Å². The molecule has 1 N–H and O–H groups in total. The second kappa shape index (κ2) is 5.54. The fraction of sp³-hybridized carbons (Fsp3) is 0.231. The number of aryl methyl sites for hydroxylation is 1. The van der Waals surface area contributed by atoms with Gasteiger partial charge in [-0.1, -0.05) is 0 Å². The van der Waals surface area contributed by atoms with Crippen molar-refractivity contribution in [2.24, 2.45) is 7.05 Å². The molecule has 6 nitrogen and oxygen atoms in total.